The van der Waals surface area contributed by atoms with Crippen molar-refractivity contribution in [3.8, 4) is 0 Å². The zero-order valence-electron chi connectivity index (χ0n) is 11.8. The molecule has 1 aromatic carbocycles. The molecular weight excluding hydrogens is 279 g/mol. The average Bonchev–Trinajstić information content (AvgIpc) is 2.19. The fourth-order valence-corrected chi connectivity index (χ4v) is 4.18. The van der Waals surface area contributed by atoms with E-state index in [1.165, 1.54) is 6.42 Å². The van der Waals surface area contributed by atoms with Crippen LogP contribution < -0.4 is 0 Å². The molecule has 19 heavy (non-hydrogen) atoms. The van der Waals surface area contributed by atoms with Gasteiger partial charge in [-0.1, -0.05) is 50.0 Å². The largest absolute Gasteiger partial charge is 0.390 e. The first kappa shape index (κ1) is 15.2. The molecule has 1 aliphatic carbocycles. The highest BCUT2D eigenvalue weighted by atomic mass is 35.5. The van der Waals surface area contributed by atoms with E-state index in [9.17, 15) is 5.11 Å². The average molecular weight is 301 g/mol. The summed E-state index contributed by atoms with van der Waals surface area (Å²) in [5.74, 6) is 0.552. The molecular formula is C16H22Cl2O. The maximum absolute atomic E-state index is 10.9. The van der Waals surface area contributed by atoms with Gasteiger partial charge in [0.1, 0.15) is 0 Å². The van der Waals surface area contributed by atoms with Gasteiger partial charge < -0.3 is 5.11 Å². The molecule has 0 aromatic heterocycles. The van der Waals surface area contributed by atoms with Crippen LogP contribution in [0, 0.1) is 11.3 Å². The van der Waals surface area contributed by atoms with Crippen LogP contribution in [-0.4, -0.2) is 10.7 Å². The Bertz CT molecular complexity index is 470. The Morgan fingerprint density at radius 1 is 1.21 bits per heavy atom. The Labute approximate surface area is 125 Å². The standard InChI is InChI=1S/C16H22Cl2O/c1-11-7-15(2,3)10-16(19,8-11)9-12-4-5-13(17)14(18)6-12/h4-6,11,19H,7-10H2,1-3H3. The minimum Gasteiger partial charge on any atom is -0.390 e. The molecule has 2 rings (SSSR count). The monoisotopic (exact) mass is 300 g/mol. The zero-order chi connectivity index (χ0) is 14.3. The van der Waals surface area contributed by atoms with Gasteiger partial charge in [-0.25, -0.2) is 0 Å². The van der Waals surface area contributed by atoms with E-state index in [4.69, 9.17) is 23.2 Å². The lowest BCUT2D eigenvalue weighted by Gasteiger charge is -2.44. The van der Waals surface area contributed by atoms with Crippen LogP contribution in [0.5, 0.6) is 0 Å². The van der Waals surface area contributed by atoms with E-state index in [1.54, 1.807) is 6.07 Å². The minimum atomic E-state index is -0.627. The second kappa shape index (κ2) is 5.27. The molecule has 1 nitrogen and oxygen atoms in total. The third-order valence-corrected chi connectivity index (χ3v) is 4.69. The topological polar surface area (TPSA) is 20.2 Å². The molecule has 1 aromatic rings. The summed E-state index contributed by atoms with van der Waals surface area (Å²) in [7, 11) is 0. The van der Waals surface area contributed by atoms with E-state index in [1.807, 2.05) is 12.1 Å². The molecule has 2 atom stereocenters. The van der Waals surface area contributed by atoms with Crippen molar-refractivity contribution in [1.82, 2.24) is 0 Å². The van der Waals surface area contributed by atoms with Crippen molar-refractivity contribution >= 4 is 23.2 Å². The lowest BCUT2D eigenvalue weighted by atomic mass is 9.64. The second-order valence-corrected chi connectivity index (χ2v) is 7.82. The minimum absolute atomic E-state index is 0.197. The molecule has 0 aliphatic heterocycles. The first-order valence-corrected chi connectivity index (χ1v) is 7.61. The molecule has 1 N–H and O–H groups in total. The fraction of sp³-hybridized carbons (Fsp3) is 0.625. The number of hydrogen-bond donors (Lipinski definition) is 1. The van der Waals surface area contributed by atoms with Crippen LogP contribution >= 0.6 is 23.2 Å². The van der Waals surface area contributed by atoms with Crippen LogP contribution in [0.1, 0.15) is 45.6 Å². The van der Waals surface area contributed by atoms with Crippen molar-refractivity contribution < 1.29 is 5.11 Å². The van der Waals surface area contributed by atoms with Crippen LogP contribution in [0.25, 0.3) is 0 Å². The van der Waals surface area contributed by atoms with E-state index in [2.05, 4.69) is 20.8 Å². The van der Waals surface area contributed by atoms with Gasteiger partial charge in [-0.2, -0.15) is 0 Å². The lowest BCUT2D eigenvalue weighted by molar-refractivity contribution is -0.0574. The van der Waals surface area contributed by atoms with Crippen molar-refractivity contribution in [3.05, 3.63) is 33.8 Å². The SMILES string of the molecule is CC1CC(C)(C)CC(O)(Cc2ccc(Cl)c(Cl)c2)C1. The molecule has 1 fully saturated rings. The number of benzene rings is 1. The summed E-state index contributed by atoms with van der Waals surface area (Å²) in [6.45, 7) is 6.70. The first-order chi connectivity index (χ1) is 8.69. The maximum atomic E-state index is 10.9. The van der Waals surface area contributed by atoms with Gasteiger partial charge in [-0.3, -0.25) is 0 Å². The van der Waals surface area contributed by atoms with Crippen molar-refractivity contribution in [3.63, 3.8) is 0 Å². The summed E-state index contributed by atoms with van der Waals surface area (Å²) in [5, 5.41) is 12.0. The van der Waals surface area contributed by atoms with Crippen LogP contribution in [-0.2, 0) is 6.42 Å². The zero-order valence-corrected chi connectivity index (χ0v) is 13.4. The number of hydrogen-bond acceptors (Lipinski definition) is 1. The van der Waals surface area contributed by atoms with Gasteiger partial charge in [0.2, 0.25) is 0 Å². The third kappa shape index (κ3) is 3.87. The smallest absolute Gasteiger partial charge is 0.0695 e. The molecule has 3 heteroatoms. The third-order valence-electron chi connectivity index (χ3n) is 3.95. The van der Waals surface area contributed by atoms with Gasteiger partial charge >= 0.3 is 0 Å². The highest BCUT2D eigenvalue weighted by molar-refractivity contribution is 6.42. The Morgan fingerprint density at radius 3 is 2.47 bits per heavy atom. The van der Waals surface area contributed by atoms with E-state index >= 15 is 0 Å². The molecule has 0 saturated heterocycles. The maximum Gasteiger partial charge on any atom is 0.0695 e. The van der Waals surface area contributed by atoms with Gasteiger partial charge in [-0.15, -0.1) is 0 Å². The van der Waals surface area contributed by atoms with Gasteiger partial charge in [0.05, 0.1) is 15.6 Å². The molecule has 2 unspecified atom stereocenters. The summed E-state index contributed by atoms with van der Waals surface area (Å²) in [6.07, 6.45) is 3.52. The lowest BCUT2D eigenvalue weighted by Crippen LogP contribution is -2.43. The number of aliphatic hydroxyl groups is 1. The normalized spacial score (nSPS) is 30.3. The van der Waals surface area contributed by atoms with Crippen molar-refractivity contribution in [1.29, 1.82) is 0 Å². The fourth-order valence-electron chi connectivity index (χ4n) is 3.86. The molecule has 1 aliphatic rings. The van der Waals surface area contributed by atoms with Gasteiger partial charge in [0, 0.05) is 6.42 Å². The molecule has 0 bridgehead atoms. The van der Waals surface area contributed by atoms with Crippen molar-refractivity contribution in [2.75, 3.05) is 0 Å². The van der Waals surface area contributed by atoms with Crippen LogP contribution in [0.15, 0.2) is 18.2 Å². The number of halogens is 2. The highest BCUT2D eigenvalue weighted by Crippen LogP contribution is 2.45. The Morgan fingerprint density at radius 2 is 1.89 bits per heavy atom. The molecule has 0 radical (unpaired) electrons. The summed E-state index contributed by atoms with van der Waals surface area (Å²) < 4.78 is 0. The van der Waals surface area contributed by atoms with Crippen molar-refractivity contribution in [2.24, 2.45) is 11.3 Å². The predicted molar refractivity (Wildman–Crippen MR) is 81.9 cm³/mol. The molecule has 0 heterocycles. The van der Waals surface area contributed by atoms with Crippen LogP contribution in [0.2, 0.25) is 10.0 Å². The highest BCUT2D eigenvalue weighted by Gasteiger charge is 2.41. The predicted octanol–water partition coefficient (Wildman–Crippen LogP) is 5.11. The van der Waals surface area contributed by atoms with Gasteiger partial charge in [0.15, 0.2) is 0 Å². The number of rotatable bonds is 2. The summed E-state index contributed by atoms with van der Waals surface area (Å²) >= 11 is 12.0. The van der Waals surface area contributed by atoms with E-state index in [0.29, 0.717) is 22.4 Å². The Balaban J connectivity index is 2.18. The Hall–Kier alpha value is -0.240. The Kier molecular flexibility index (Phi) is 4.21. The molecule has 0 spiro atoms. The van der Waals surface area contributed by atoms with Gasteiger partial charge in [-0.05, 0) is 48.3 Å². The summed E-state index contributed by atoms with van der Waals surface area (Å²) in [5.41, 5.74) is 0.628. The van der Waals surface area contributed by atoms with Crippen LogP contribution in [0.3, 0.4) is 0 Å². The van der Waals surface area contributed by atoms with Crippen molar-refractivity contribution in [2.45, 2.75) is 52.1 Å². The summed E-state index contributed by atoms with van der Waals surface area (Å²) in [6, 6.07) is 5.63. The van der Waals surface area contributed by atoms with E-state index in [-0.39, 0.29) is 5.41 Å². The van der Waals surface area contributed by atoms with Crippen LogP contribution in [0.4, 0.5) is 0 Å². The summed E-state index contributed by atoms with van der Waals surface area (Å²) in [4.78, 5) is 0. The van der Waals surface area contributed by atoms with E-state index in [0.717, 1.165) is 18.4 Å². The second-order valence-electron chi connectivity index (χ2n) is 7.00. The molecule has 106 valence electrons. The van der Waals surface area contributed by atoms with E-state index < -0.39 is 5.60 Å². The van der Waals surface area contributed by atoms with Gasteiger partial charge in [0.25, 0.3) is 0 Å². The first-order valence-electron chi connectivity index (χ1n) is 6.85. The molecule has 1 saturated carbocycles. The quantitative estimate of drug-likeness (QED) is 0.804. The molecule has 0 amide bonds.